The molecule has 0 unspecified atom stereocenters. The number of rotatable bonds is 4. The van der Waals surface area contributed by atoms with Crippen molar-refractivity contribution in [2.75, 3.05) is 4.90 Å². The van der Waals surface area contributed by atoms with Crippen LogP contribution in [0.4, 0.5) is 5.69 Å². The largest absolute Gasteiger partial charge is 0.489 e. The predicted molar refractivity (Wildman–Crippen MR) is 101 cm³/mol. The number of amides is 2. The summed E-state index contributed by atoms with van der Waals surface area (Å²) in [5.74, 6) is 0.211. The lowest BCUT2D eigenvalue weighted by Gasteiger charge is -2.17. The van der Waals surface area contributed by atoms with Crippen molar-refractivity contribution >= 4 is 40.7 Å². The van der Waals surface area contributed by atoms with E-state index in [0.717, 1.165) is 6.42 Å². The zero-order chi connectivity index (χ0) is 18.3. The maximum absolute atomic E-state index is 12.5. The number of benzene rings is 2. The smallest absolute Gasteiger partial charge is 0.261 e. The van der Waals surface area contributed by atoms with Crippen molar-refractivity contribution in [1.82, 2.24) is 0 Å². The number of hydrogen-bond acceptors (Lipinski definition) is 3. The second kappa shape index (κ2) is 6.78. The molecule has 0 N–H and O–H groups in total. The number of halogens is 2. The number of imide groups is 1. The maximum Gasteiger partial charge on any atom is 0.261 e. The van der Waals surface area contributed by atoms with E-state index in [0.29, 0.717) is 51.0 Å². The van der Waals surface area contributed by atoms with Crippen molar-refractivity contribution in [2.24, 2.45) is 0 Å². The molecule has 0 fully saturated rings. The summed E-state index contributed by atoms with van der Waals surface area (Å²) in [6.45, 7) is 0.231. The first-order valence-electron chi connectivity index (χ1n) is 8.33. The number of carbonyl (C=O) groups is 2. The molecule has 1 aliphatic carbocycles. The molecule has 132 valence electrons. The molecule has 4 rings (SSSR count). The first-order valence-corrected chi connectivity index (χ1v) is 9.08. The van der Waals surface area contributed by atoms with Gasteiger partial charge in [0.1, 0.15) is 12.4 Å². The number of carbonyl (C=O) groups excluding carboxylic acids is 2. The van der Waals surface area contributed by atoms with Crippen molar-refractivity contribution < 1.29 is 14.3 Å². The fourth-order valence-corrected chi connectivity index (χ4v) is 3.84. The van der Waals surface area contributed by atoms with Gasteiger partial charge in [0.2, 0.25) is 0 Å². The van der Waals surface area contributed by atoms with Gasteiger partial charge in [-0.05, 0) is 55.7 Å². The highest BCUT2D eigenvalue weighted by atomic mass is 35.5. The Labute approximate surface area is 161 Å². The average Bonchev–Trinajstić information content (AvgIpc) is 3.20. The van der Waals surface area contributed by atoms with E-state index >= 15 is 0 Å². The van der Waals surface area contributed by atoms with Crippen LogP contribution < -0.4 is 9.64 Å². The van der Waals surface area contributed by atoms with E-state index in [-0.39, 0.29) is 18.4 Å². The molecule has 2 amide bonds. The van der Waals surface area contributed by atoms with Gasteiger partial charge in [0, 0.05) is 26.8 Å². The van der Waals surface area contributed by atoms with Crippen molar-refractivity contribution in [2.45, 2.75) is 25.9 Å². The van der Waals surface area contributed by atoms with Crippen molar-refractivity contribution in [3.8, 4) is 5.75 Å². The van der Waals surface area contributed by atoms with E-state index in [1.807, 2.05) is 0 Å². The highest BCUT2D eigenvalue weighted by Crippen LogP contribution is 2.37. The number of nitrogens with zero attached hydrogens (tertiary/aromatic N) is 1. The second-order valence-corrected chi connectivity index (χ2v) is 7.05. The molecule has 0 atom stereocenters. The Balaban J connectivity index is 1.48. The first-order chi connectivity index (χ1) is 12.6. The molecule has 0 radical (unpaired) electrons. The Morgan fingerprint density at radius 1 is 0.885 bits per heavy atom. The van der Waals surface area contributed by atoms with Crippen LogP contribution in [0.25, 0.3) is 0 Å². The molecule has 2 aromatic rings. The first kappa shape index (κ1) is 17.1. The summed E-state index contributed by atoms with van der Waals surface area (Å²) >= 11 is 12.3. The molecule has 6 heteroatoms. The van der Waals surface area contributed by atoms with Gasteiger partial charge in [-0.3, -0.25) is 9.59 Å². The van der Waals surface area contributed by atoms with Gasteiger partial charge in [-0.2, -0.15) is 0 Å². The van der Waals surface area contributed by atoms with Crippen LogP contribution in [0.5, 0.6) is 5.75 Å². The number of hydrogen-bond donors (Lipinski definition) is 0. The summed E-state index contributed by atoms with van der Waals surface area (Å²) < 4.78 is 5.73. The molecule has 0 saturated carbocycles. The van der Waals surface area contributed by atoms with Gasteiger partial charge in [-0.15, -0.1) is 0 Å². The molecule has 4 nitrogen and oxygen atoms in total. The molecular formula is C20H15Cl2NO3. The Kier molecular flexibility index (Phi) is 4.47. The lowest BCUT2D eigenvalue weighted by Crippen LogP contribution is -2.32. The molecular weight excluding hydrogens is 373 g/mol. The summed E-state index contributed by atoms with van der Waals surface area (Å²) in [5, 5.41) is 1.09. The SMILES string of the molecule is O=C1C2=C(CCC2)C(=O)N1c1ccc(OCc2c(Cl)cccc2Cl)cc1. The van der Waals surface area contributed by atoms with Gasteiger partial charge in [-0.25, -0.2) is 4.90 Å². The summed E-state index contributed by atoms with van der Waals surface area (Å²) in [4.78, 5) is 26.2. The minimum absolute atomic E-state index is 0.195. The van der Waals surface area contributed by atoms with E-state index in [4.69, 9.17) is 27.9 Å². The van der Waals surface area contributed by atoms with E-state index < -0.39 is 0 Å². The van der Waals surface area contributed by atoms with Crippen LogP contribution in [-0.4, -0.2) is 11.8 Å². The standard InChI is InChI=1S/C20H15Cl2NO3/c21-17-5-2-6-18(22)16(17)11-26-13-9-7-12(8-10-13)23-19(24)14-3-1-4-15(14)20(23)25/h2,5-10H,1,3-4,11H2. The molecule has 26 heavy (non-hydrogen) atoms. The Bertz CT molecular complexity index is 888. The Morgan fingerprint density at radius 2 is 1.46 bits per heavy atom. The number of ether oxygens (including phenoxy) is 1. The average molecular weight is 388 g/mol. The molecule has 0 bridgehead atoms. The molecule has 1 aliphatic heterocycles. The third kappa shape index (κ3) is 2.89. The second-order valence-electron chi connectivity index (χ2n) is 6.24. The van der Waals surface area contributed by atoms with E-state index in [1.165, 1.54) is 4.90 Å². The maximum atomic E-state index is 12.5. The van der Waals surface area contributed by atoms with E-state index in [9.17, 15) is 9.59 Å². The molecule has 1 heterocycles. The summed E-state index contributed by atoms with van der Waals surface area (Å²) in [6, 6.07) is 12.2. The van der Waals surface area contributed by atoms with Crippen LogP contribution in [0.15, 0.2) is 53.6 Å². The van der Waals surface area contributed by atoms with Crippen LogP contribution in [0.1, 0.15) is 24.8 Å². The van der Waals surface area contributed by atoms with Crippen LogP contribution in [0, 0.1) is 0 Å². The lowest BCUT2D eigenvalue weighted by atomic mass is 10.2. The van der Waals surface area contributed by atoms with Crippen LogP contribution in [-0.2, 0) is 16.2 Å². The molecule has 0 spiro atoms. The molecule has 0 saturated heterocycles. The third-order valence-electron chi connectivity index (χ3n) is 4.68. The zero-order valence-corrected chi connectivity index (χ0v) is 15.3. The Morgan fingerprint density at radius 3 is 2.04 bits per heavy atom. The lowest BCUT2D eigenvalue weighted by molar-refractivity contribution is -0.120. The topological polar surface area (TPSA) is 46.6 Å². The Hall–Kier alpha value is -2.30. The van der Waals surface area contributed by atoms with E-state index in [2.05, 4.69) is 0 Å². The van der Waals surface area contributed by atoms with Crippen LogP contribution in [0.3, 0.4) is 0 Å². The monoisotopic (exact) mass is 387 g/mol. The minimum Gasteiger partial charge on any atom is -0.489 e. The fourth-order valence-electron chi connectivity index (χ4n) is 3.33. The summed E-state index contributed by atoms with van der Waals surface area (Å²) in [5.41, 5.74) is 2.61. The fraction of sp³-hybridized carbons (Fsp3) is 0.200. The van der Waals surface area contributed by atoms with Gasteiger partial charge in [0.15, 0.2) is 0 Å². The highest BCUT2D eigenvalue weighted by molar-refractivity contribution is 6.36. The van der Waals surface area contributed by atoms with Crippen molar-refractivity contribution in [1.29, 1.82) is 0 Å². The molecule has 2 aromatic carbocycles. The summed E-state index contributed by atoms with van der Waals surface area (Å²) in [7, 11) is 0. The van der Waals surface area contributed by atoms with Crippen molar-refractivity contribution in [3.05, 3.63) is 69.2 Å². The van der Waals surface area contributed by atoms with E-state index in [1.54, 1.807) is 42.5 Å². The zero-order valence-electron chi connectivity index (χ0n) is 13.8. The highest BCUT2D eigenvalue weighted by Gasteiger charge is 2.40. The molecule has 2 aliphatic rings. The normalized spacial score (nSPS) is 16.5. The van der Waals surface area contributed by atoms with Gasteiger partial charge in [-0.1, -0.05) is 29.3 Å². The summed E-state index contributed by atoms with van der Waals surface area (Å²) in [6.07, 6.45) is 2.26. The quantitative estimate of drug-likeness (QED) is 0.698. The van der Waals surface area contributed by atoms with Crippen LogP contribution >= 0.6 is 23.2 Å². The van der Waals surface area contributed by atoms with Crippen LogP contribution in [0.2, 0.25) is 10.0 Å². The van der Waals surface area contributed by atoms with Gasteiger partial charge in [0.05, 0.1) is 5.69 Å². The van der Waals surface area contributed by atoms with Gasteiger partial charge >= 0.3 is 0 Å². The predicted octanol–water partition coefficient (Wildman–Crippen LogP) is 4.93. The van der Waals surface area contributed by atoms with Crippen molar-refractivity contribution in [3.63, 3.8) is 0 Å². The van der Waals surface area contributed by atoms with Gasteiger partial charge in [0.25, 0.3) is 11.8 Å². The number of anilines is 1. The third-order valence-corrected chi connectivity index (χ3v) is 5.39. The minimum atomic E-state index is -0.195. The van der Waals surface area contributed by atoms with Gasteiger partial charge < -0.3 is 4.74 Å². The molecule has 0 aromatic heterocycles.